The van der Waals surface area contributed by atoms with Crippen molar-refractivity contribution in [3.8, 4) is 0 Å². The predicted molar refractivity (Wildman–Crippen MR) is 120 cm³/mol. The predicted octanol–water partition coefficient (Wildman–Crippen LogP) is -0.441. The molecule has 2 amide bonds. The molecule has 2 heterocycles. The topological polar surface area (TPSA) is 220 Å². The second-order valence-electron chi connectivity index (χ2n) is 7.28. The van der Waals surface area contributed by atoms with Gasteiger partial charge in [-0.2, -0.15) is 4.98 Å². The Morgan fingerprint density at radius 2 is 1.94 bits per heavy atom. The summed E-state index contributed by atoms with van der Waals surface area (Å²) in [4.78, 5) is 69.7. The third-order valence-corrected chi connectivity index (χ3v) is 4.86. The van der Waals surface area contributed by atoms with Crippen LogP contribution in [0.4, 0.5) is 23.1 Å². The van der Waals surface area contributed by atoms with Crippen LogP contribution >= 0.6 is 0 Å². The van der Waals surface area contributed by atoms with Gasteiger partial charge in [0.05, 0.1) is 12.6 Å². The van der Waals surface area contributed by atoms with Crippen LogP contribution in [0, 0.1) is 0 Å². The van der Waals surface area contributed by atoms with Crippen molar-refractivity contribution >= 4 is 53.6 Å². The molecule has 1 aliphatic heterocycles. The molecule has 0 bridgehead atoms. The van der Waals surface area contributed by atoms with Crippen LogP contribution in [-0.4, -0.2) is 69.3 Å². The minimum Gasteiger partial charge on any atom is -0.481 e. The van der Waals surface area contributed by atoms with Crippen molar-refractivity contribution in [2.45, 2.75) is 24.9 Å². The molecule has 1 aliphatic rings. The van der Waals surface area contributed by atoms with Crippen LogP contribution < -0.4 is 26.8 Å². The van der Waals surface area contributed by atoms with Crippen molar-refractivity contribution < 1.29 is 29.4 Å². The summed E-state index contributed by atoms with van der Waals surface area (Å²) in [6.07, 6.45) is 1.37. The highest BCUT2D eigenvalue weighted by molar-refractivity contribution is 5.97. The van der Waals surface area contributed by atoms with Gasteiger partial charge in [-0.3, -0.25) is 24.2 Å². The number of aromatic amines is 1. The summed E-state index contributed by atoms with van der Waals surface area (Å²) in [5.74, 6) is -3.17. The number of nitrogens with two attached hydrogens (primary N) is 1. The number of hydrogen-bond acceptors (Lipinski definition) is 9. The lowest BCUT2D eigenvalue weighted by atomic mass is 10.1. The van der Waals surface area contributed by atoms with Crippen molar-refractivity contribution in [2.75, 3.05) is 22.5 Å². The van der Waals surface area contributed by atoms with Crippen LogP contribution in [0.15, 0.2) is 34.1 Å². The molecule has 0 aliphatic carbocycles. The van der Waals surface area contributed by atoms with E-state index in [1.165, 1.54) is 35.4 Å². The van der Waals surface area contributed by atoms with E-state index in [1.807, 2.05) is 0 Å². The minimum atomic E-state index is -1.36. The molecular formula is C20H21N7O7. The number of aliphatic carboxylic acids is 2. The average molecular weight is 471 g/mol. The molecule has 0 saturated heterocycles. The molecule has 0 spiro atoms. The number of nitrogens with one attached hydrogen (secondary N) is 3. The molecule has 34 heavy (non-hydrogen) atoms. The van der Waals surface area contributed by atoms with Crippen LogP contribution in [-0.2, 0) is 14.4 Å². The number of anilines is 3. The zero-order valence-electron chi connectivity index (χ0n) is 17.6. The molecule has 178 valence electrons. The molecule has 7 N–H and O–H groups in total. The van der Waals surface area contributed by atoms with Gasteiger partial charge in [0.25, 0.3) is 11.5 Å². The number of carboxylic acids is 2. The van der Waals surface area contributed by atoms with Crippen molar-refractivity contribution in [3.05, 3.63) is 40.2 Å². The molecular weight excluding hydrogens is 450 g/mol. The number of aliphatic imine (C=N–C) groups is 1. The van der Waals surface area contributed by atoms with E-state index in [2.05, 4.69) is 25.6 Å². The number of carboxylic acid groups (broad SMARTS) is 2. The molecule has 14 nitrogen and oxygen atoms in total. The zero-order valence-corrected chi connectivity index (χ0v) is 17.6. The van der Waals surface area contributed by atoms with Gasteiger partial charge < -0.3 is 31.5 Å². The van der Waals surface area contributed by atoms with Crippen LogP contribution in [0.3, 0.4) is 0 Å². The van der Waals surface area contributed by atoms with Crippen LogP contribution in [0.2, 0.25) is 0 Å². The smallest absolute Gasteiger partial charge is 0.326 e. The first-order chi connectivity index (χ1) is 16.2. The van der Waals surface area contributed by atoms with Crippen molar-refractivity contribution in [1.82, 2.24) is 15.3 Å². The van der Waals surface area contributed by atoms with E-state index in [1.54, 1.807) is 0 Å². The normalized spacial score (nSPS) is 14.9. The first-order valence-corrected chi connectivity index (χ1v) is 9.96. The Bertz CT molecular complexity index is 1190. The van der Waals surface area contributed by atoms with Crippen molar-refractivity contribution in [2.24, 2.45) is 4.99 Å². The van der Waals surface area contributed by atoms with Gasteiger partial charge in [0.15, 0.2) is 5.82 Å². The molecule has 2 atom stereocenters. The number of carbonyl (C=O) groups excluding carboxylic acids is 2. The summed E-state index contributed by atoms with van der Waals surface area (Å²) >= 11 is 0. The SMILES string of the molecule is Nc1nc2c(c(=O)[nH]1)NC(CN(C=O)c1ccc(C(=O)N[C@@H](CCC(=O)O)C(=O)O)cc1)C=N2. The number of hydrogen-bond donors (Lipinski definition) is 6. The monoisotopic (exact) mass is 471 g/mol. The molecule has 1 aromatic heterocycles. The fourth-order valence-corrected chi connectivity index (χ4v) is 3.17. The summed E-state index contributed by atoms with van der Waals surface area (Å²) in [5.41, 5.74) is 5.67. The molecule has 14 heteroatoms. The molecule has 0 fully saturated rings. The van der Waals surface area contributed by atoms with Crippen LogP contribution in [0.25, 0.3) is 0 Å². The largest absolute Gasteiger partial charge is 0.481 e. The maximum Gasteiger partial charge on any atom is 0.326 e. The minimum absolute atomic E-state index is 0.0728. The number of nitrogens with zero attached hydrogens (tertiary/aromatic N) is 3. The summed E-state index contributed by atoms with van der Waals surface area (Å²) in [7, 11) is 0. The summed E-state index contributed by atoms with van der Waals surface area (Å²) in [6, 6.07) is 3.89. The Morgan fingerprint density at radius 1 is 1.24 bits per heavy atom. The lowest BCUT2D eigenvalue weighted by Gasteiger charge is -2.25. The van der Waals surface area contributed by atoms with E-state index in [4.69, 9.17) is 10.8 Å². The lowest BCUT2D eigenvalue weighted by molar-refractivity contribution is -0.140. The maximum absolute atomic E-state index is 12.4. The van der Waals surface area contributed by atoms with Crippen molar-refractivity contribution in [3.63, 3.8) is 0 Å². The second-order valence-corrected chi connectivity index (χ2v) is 7.28. The molecule has 1 aromatic carbocycles. The highest BCUT2D eigenvalue weighted by Crippen LogP contribution is 2.23. The number of aromatic nitrogens is 2. The Balaban J connectivity index is 1.66. The maximum atomic E-state index is 12.4. The Hall–Kier alpha value is -4.75. The number of benzene rings is 1. The van der Waals surface area contributed by atoms with E-state index in [-0.39, 0.29) is 36.0 Å². The van der Waals surface area contributed by atoms with Crippen LogP contribution in [0.1, 0.15) is 23.2 Å². The van der Waals surface area contributed by atoms with Gasteiger partial charge in [0.1, 0.15) is 11.7 Å². The number of amides is 2. The third kappa shape index (κ3) is 5.73. The second kappa shape index (κ2) is 10.2. The number of nitrogen functional groups attached to an aromatic ring is 1. The highest BCUT2D eigenvalue weighted by Gasteiger charge is 2.23. The van der Waals surface area contributed by atoms with Gasteiger partial charge >= 0.3 is 11.9 Å². The molecule has 1 unspecified atom stereocenters. The zero-order chi connectivity index (χ0) is 24.8. The van der Waals surface area contributed by atoms with Crippen LogP contribution in [0.5, 0.6) is 0 Å². The third-order valence-electron chi connectivity index (χ3n) is 4.86. The summed E-state index contributed by atoms with van der Waals surface area (Å²) in [6.45, 7) is 0.0953. The molecule has 0 radical (unpaired) electrons. The average Bonchev–Trinajstić information content (AvgIpc) is 2.80. The van der Waals surface area contributed by atoms with Gasteiger partial charge in [-0.15, -0.1) is 0 Å². The number of fused-ring (bicyclic) bond motifs is 1. The van der Waals surface area contributed by atoms with E-state index in [0.29, 0.717) is 12.1 Å². The van der Waals surface area contributed by atoms with Gasteiger partial charge in [-0.25, -0.2) is 9.79 Å². The first kappa shape index (κ1) is 23.9. The standard InChI is InChI=1S/C20H21N7O7/c21-20-25-16-15(18(32)26-20)23-11(7-22-16)8-27(9-28)12-3-1-10(2-4-12)17(31)24-13(19(33)34)5-6-14(29)30/h1-4,7,9,11,13,23H,5-6,8H2,(H,24,31)(H,29,30)(H,33,34)(H3,21,25,26,32)/t11?,13-/m0/s1. The summed E-state index contributed by atoms with van der Waals surface area (Å²) < 4.78 is 0. The van der Waals surface area contributed by atoms with E-state index >= 15 is 0 Å². The van der Waals surface area contributed by atoms with E-state index < -0.39 is 41.9 Å². The van der Waals surface area contributed by atoms with Crippen molar-refractivity contribution in [1.29, 1.82) is 0 Å². The van der Waals surface area contributed by atoms with E-state index in [0.717, 1.165) is 0 Å². The molecule has 2 aromatic rings. The molecule has 0 saturated carbocycles. The Labute approximate surface area is 191 Å². The fraction of sp³-hybridized carbons (Fsp3) is 0.250. The lowest BCUT2D eigenvalue weighted by Crippen LogP contribution is -2.41. The first-order valence-electron chi connectivity index (χ1n) is 9.96. The summed E-state index contributed by atoms with van der Waals surface area (Å²) in [5, 5.41) is 23.1. The Morgan fingerprint density at radius 3 is 2.56 bits per heavy atom. The van der Waals surface area contributed by atoms with Gasteiger partial charge in [0.2, 0.25) is 12.4 Å². The van der Waals surface area contributed by atoms with Gasteiger partial charge in [-0.1, -0.05) is 0 Å². The number of H-pyrrole nitrogens is 1. The van der Waals surface area contributed by atoms with Gasteiger partial charge in [0, 0.05) is 23.9 Å². The molecule has 3 rings (SSSR count). The number of carbonyl (C=O) groups is 4. The highest BCUT2D eigenvalue weighted by atomic mass is 16.4. The quantitative estimate of drug-likeness (QED) is 0.245. The Kier molecular flexibility index (Phi) is 7.20. The fourth-order valence-electron chi connectivity index (χ4n) is 3.17. The van der Waals surface area contributed by atoms with E-state index in [9.17, 15) is 29.1 Å². The number of rotatable bonds is 10. The van der Waals surface area contributed by atoms with Gasteiger partial charge in [-0.05, 0) is 30.7 Å².